The third kappa shape index (κ3) is 3.68. The van der Waals surface area contributed by atoms with Crippen molar-refractivity contribution in [1.29, 1.82) is 0 Å². The first-order chi connectivity index (χ1) is 6.33. The molecule has 0 saturated carbocycles. The number of hydrogen-bond donors (Lipinski definition) is 1. The lowest BCUT2D eigenvalue weighted by atomic mass is 10.2. The van der Waals surface area contributed by atoms with E-state index in [9.17, 15) is 0 Å². The molecule has 0 spiro atoms. The van der Waals surface area contributed by atoms with Gasteiger partial charge in [0.25, 0.3) is 0 Å². The van der Waals surface area contributed by atoms with Crippen molar-refractivity contribution in [3.05, 3.63) is 24.3 Å². The van der Waals surface area contributed by atoms with Crippen LogP contribution in [-0.4, -0.2) is 16.0 Å². The highest BCUT2D eigenvalue weighted by Gasteiger charge is 1.98. The topological polar surface area (TPSA) is 37.8 Å². The van der Waals surface area contributed by atoms with Gasteiger partial charge in [-0.25, -0.2) is 9.97 Å². The van der Waals surface area contributed by atoms with Gasteiger partial charge < -0.3 is 5.32 Å². The van der Waals surface area contributed by atoms with E-state index in [1.54, 1.807) is 12.4 Å². The van der Waals surface area contributed by atoms with E-state index < -0.39 is 0 Å². The molecular formula is C10H13N3. The Morgan fingerprint density at radius 1 is 1.54 bits per heavy atom. The first-order valence-corrected chi connectivity index (χ1v) is 4.23. The average Bonchev–Trinajstić information content (AvgIpc) is 2.17. The van der Waals surface area contributed by atoms with E-state index in [1.165, 1.54) is 6.33 Å². The maximum absolute atomic E-state index is 5.18. The lowest BCUT2D eigenvalue weighted by Gasteiger charge is -2.09. The van der Waals surface area contributed by atoms with Gasteiger partial charge in [0.1, 0.15) is 6.33 Å². The highest BCUT2D eigenvalue weighted by molar-refractivity contribution is 5.02. The fraction of sp³-hybridized carbons (Fsp3) is 0.400. The van der Waals surface area contributed by atoms with Crippen LogP contribution in [-0.2, 0) is 6.54 Å². The smallest absolute Gasteiger partial charge is 0.115 e. The van der Waals surface area contributed by atoms with E-state index in [0.717, 1.165) is 18.5 Å². The number of terminal acetylenes is 1. The second-order valence-corrected chi connectivity index (χ2v) is 2.94. The molecule has 0 bridgehead atoms. The summed E-state index contributed by atoms with van der Waals surface area (Å²) in [6.07, 6.45) is 11.0. The van der Waals surface area contributed by atoms with E-state index in [2.05, 4.69) is 28.1 Å². The molecule has 0 saturated heterocycles. The summed E-state index contributed by atoms with van der Waals surface area (Å²) >= 11 is 0. The van der Waals surface area contributed by atoms with Crippen LogP contribution >= 0.6 is 0 Å². The quantitative estimate of drug-likeness (QED) is 0.693. The molecule has 1 N–H and O–H groups in total. The molecule has 0 amide bonds. The van der Waals surface area contributed by atoms with E-state index in [0.29, 0.717) is 6.04 Å². The van der Waals surface area contributed by atoms with Crippen molar-refractivity contribution < 1.29 is 0 Å². The SMILES string of the molecule is C#CCC(C)NCc1cncnc1. The number of aromatic nitrogens is 2. The van der Waals surface area contributed by atoms with Crippen molar-refractivity contribution in [3.8, 4) is 12.3 Å². The van der Waals surface area contributed by atoms with Gasteiger partial charge in [0, 0.05) is 37.0 Å². The van der Waals surface area contributed by atoms with E-state index >= 15 is 0 Å². The van der Waals surface area contributed by atoms with Crippen LogP contribution in [0.1, 0.15) is 18.9 Å². The maximum Gasteiger partial charge on any atom is 0.115 e. The van der Waals surface area contributed by atoms with Crippen molar-refractivity contribution in [2.24, 2.45) is 0 Å². The molecule has 13 heavy (non-hydrogen) atoms. The van der Waals surface area contributed by atoms with Gasteiger partial charge in [-0.05, 0) is 6.92 Å². The largest absolute Gasteiger partial charge is 0.309 e. The van der Waals surface area contributed by atoms with Gasteiger partial charge in [0.05, 0.1) is 0 Å². The lowest BCUT2D eigenvalue weighted by Crippen LogP contribution is -2.24. The van der Waals surface area contributed by atoms with Crippen molar-refractivity contribution in [1.82, 2.24) is 15.3 Å². The Balaban J connectivity index is 2.32. The van der Waals surface area contributed by atoms with Crippen LogP contribution in [0.4, 0.5) is 0 Å². The first kappa shape index (κ1) is 9.69. The molecule has 1 heterocycles. The molecule has 0 radical (unpaired) electrons. The zero-order valence-electron chi connectivity index (χ0n) is 7.70. The van der Waals surface area contributed by atoms with Gasteiger partial charge in [-0.3, -0.25) is 0 Å². The zero-order valence-corrected chi connectivity index (χ0v) is 7.70. The van der Waals surface area contributed by atoms with Crippen molar-refractivity contribution in [3.63, 3.8) is 0 Å². The fourth-order valence-corrected chi connectivity index (χ4v) is 0.962. The van der Waals surface area contributed by atoms with Gasteiger partial charge in [0.15, 0.2) is 0 Å². The summed E-state index contributed by atoms with van der Waals surface area (Å²) in [4.78, 5) is 7.83. The molecular weight excluding hydrogens is 162 g/mol. The minimum absolute atomic E-state index is 0.338. The molecule has 0 fully saturated rings. The van der Waals surface area contributed by atoms with Crippen molar-refractivity contribution in [2.45, 2.75) is 25.9 Å². The molecule has 0 aromatic carbocycles. The minimum atomic E-state index is 0.338. The van der Waals surface area contributed by atoms with Crippen LogP contribution < -0.4 is 5.32 Å². The van der Waals surface area contributed by atoms with Crippen molar-refractivity contribution >= 4 is 0 Å². The highest BCUT2D eigenvalue weighted by Crippen LogP contribution is 1.94. The molecule has 0 aliphatic rings. The van der Waals surface area contributed by atoms with Gasteiger partial charge in [-0.2, -0.15) is 0 Å². The Labute approximate surface area is 78.6 Å². The minimum Gasteiger partial charge on any atom is -0.309 e. The Morgan fingerprint density at radius 2 is 2.23 bits per heavy atom. The van der Waals surface area contributed by atoms with E-state index in [1.807, 2.05) is 0 Å². The summed E-state index contributed by atoms with van der Waals surface area (Å²) < 4.78 is 0. The summed E-state index contributed by atoms with van der Waals surface area (Å²) in [7, 11) is 0. The molecule has 1 unspecified atom stereocenters. The summed E-state index contributed by atoms with van der Waals surface area (Å²) in [5.41, 5.74) is 1.08. The lowest BCUT2D eigenvalue weighted by molar-refractivity contribution is 0.558. The van der Waals surface area contributed by atoms with Crippen LogP contribution in [0.3, 0.4) is 0 Å². The van der Waals surface area contributed by atoms with E-state index in [-0.39, 0.29) is 0 Å². The van der Waals surface area contributed by atoms with Crippen LogP contribution in [0, 0.1) is 12.3 Å². The van der Waals surface area contributed by atoms with Gasteiger partial charge >= 0.3 is 0 Å². The molecule has 3 nitrogen and oxygen atoms in total. The van der Waals surface area contributed by atoms with Gasteiger partial charge in [0.2, 0.25) is 0 Å². The second kappa shape index (κ2) is 5.28. The molecule has 3 heteroatoms. The zero-order chi connectivity index (χ0) is 9.52. The maximum atomic E-state index is 5.18. The van der Waals surface area contributed by atoms with Gasteiger partial charge in [-0.1, -0.05) is 0 Å². The van der Waals surface area contributed by atoms with Gasteiger partial charge in [-0.15, -0.1) is 12.3 Å². The monoisotopic (exact) mass is 175 g/mol. The summed E-state index contributed by atoms with van der Waals surface area (Å²) in [6.45, 7) is 2.83. The Morgan fingerprint density at radius 3 is 2.85 bits per heavy atom. The molecule has 1 atom stereocenters. The Kier molecular flexibility index (Phi) is 3.94. The third-order valence-electron chi connectivity index (χ3n) is 1.69. The normalized spacial score (nSPS) is 12.0. The Bertz CT molecular complexity index is 276. The van der Waals surface area contributed by atoms with Crippen LogP contribution in [0.2, 0.25) is 0 Å². The molecule has 1 aromatic rings. The predicted octanol–water partition coefficient (Wildman–Crippen LogP) is 0.978. The molecule has 68 valence electrons. The summed E-state index contributed by atoms with van der Waals surface area (Å²) in [5.74, 6) is 2.61. The van der Waals surface area contributed by atoms with E-state index in [4.69, 9.17) is 6.42 Å². The fourth-order valence-electron chi connectivity index (χ4n) is 0.962. The van der Waals surface area contributed by atoms with Crippen LogP contribution in [0.5, 0.6) is 0 Å². The molecule has 1 rings (SSSR count). The standard InChI is InChI=1S/C10H13N3/c1-3-4-9(2)13-7-10-5-11-8-12-6-10/h1,5-6,8-9,13H,4,7H2,2H3. The van der Waals surface area contributed by atoms with Crippen molar-refractivity contribution in [2.75, 3.05) is 0 Å². The molecule has 1 aromatic heterocycles. The first-order valence-electron chi connectivity index (χ1n) is 4.23. The second-order valence-electron chi connectivity index (χ2n) is 2.94. The molecule has 0 aliphatic heterocycles. The number of nitrogens with one attached hydrogen (secondary N) is 1. The molecule has 0 aliphatic carbocycles. The van der Waals surface area contributed by atoms with Crippen LogP contribution in [0.15, 0.2) is 18.7 Å². The van der Waals surface area contributed by atoms with Crippen LogP contribution in [0.25, 0.3) is 0 Å². The number of nitrogens with zero attached hydrogens (tertiary/aromatic N) is 2. The summed E-state index contributed by atoms with van der Waals surface area (Å²) in [5, 5.41) is 3.28. The predicted molar refractivity (Wildman–Crippen MR) is 51.8 cm³/mol. The average molecular weight is 175 g/mol. The Hall–Kier alpha value is -1.40. The number of rotatable bonds is 4. The number of hydrogen-bond acceptors (Lipinski definition) is 3. The highest BCUT2D eigenvalue weighted by atomic mass is 14.9. The summed E-state index contributed by atoms with van der Waals surface area (Å²) in [6, 6.07) is 0.338. The third-order valence-corrected chi connectivity index (χ3v) is 1.69.